The summed E-state index contributed by atoms with van der Waals surface area (Å²) >= 11 is 0. The molecule has 0 heterocycles. The number of methoxy groups -OCH3 is 1. The Kier molecular flexibility index (Phi) is 8.29. The van der Waals surface area contributed by atoms with Gasteiger partial charge in [-0.3, -0.25) is 4.21 Å². The van der Waals surface area contributed by atoms with Crippen LogP contribution >= 0.6 is 21.6 Å². The third-order valence-electron chi connectivity index (χ3n) is 2.06. The van der Waals surface area contributed by atoms with Crippen molar-refractivity contribution >= 4 is 32.4 Å². The van der Waals surface area contributed by atoms with E-state index in [4.69, 9.17) is 4.74 Å². The first-order chi connectivity index (χ1) is 8.77. The van der Waals surface area contributed by atoms with Gasteiger partial charge in [0.2, 0.25) is 0 Å². The standard InChI is InChI=1S/C13H18O2S3/c1-3-8-16-17-9-5-10-18(14)13-7-4-6-12(11-13)15-2/h4-7,9,11H,3,8,10H2,1-2H3. The third-order valence-corrected chi connectivity index (χ3v) is 5.59. The number of rotatable bonds is 8. The highest BCUT2D eigenvalue weighted by atomic mass is 33.1. The maximum atomic E-state index is 12.0. The molecular formula is C13H18O2S3. The molecule has 1 unspecified atom stereocenters. The van der Waals surface area contributed by atoms with Crippen LogP contribution in [0.3, 0.4) is 0 Å². The molecule has 0 aliphatic heterocycles. The van der Waals surface area contributed by atoms with Crippen LogP contribution in [0.15, 0.2) is 40.6 Å². The topological polar surface area (TPSA) is 26.3 Å². The van der Waals surface area contributed by atoms with Crippen molar-refractivity contribution in [3.05, 3.63) is 35.7 Å². The quantitative estimate of drug-likeness (QED) is 0.533. The first-order valence-corrected chi connectivity index (χ1v) is 9.43. The number of ether oxygens (including phenoxy) is 1. The maximum Gasteiger partial charge on any atom is 0.120 e. The van der Waals surface area contributed by atoms with Crippen LogP contribution in [0.2, 0.25) is 0 Å². The van der Waals surface area contributed by atoms with E-state index in [0.717, 1.165) is 16.4 Å². The predicted molar refractivity (Wildman–Crippen MR) is 83.7 cm³/mol. The van der Waals surface area contributed by atoms with Crippen LogP contribution < -0.4 is 4.74 Å². The minimum Gasteiger partial charge on any atom is -0.497 e. The molecule has 1 aromatic carbocycles. The van der Waals surface area contributed by atoms with Crippen LogP contribution in [0.4, 0.5) is 0 Å². The normalized spacial score (nSPS) is 12.8. The fourth-order valence-corrected chi connectivity index (χ4v) is 4.02. The molecule has 0 aliphatic rings. The second-order valence-electron chi connectivity index (χ2n) is 3.48. The second kappa shape index (κ2) is 9.53. The van der Waals surface area contributed by atoms with Gasteiger partial charge in [-0.05, 0) is 30.0 Å². The van der Waals surface area contributed by atoms with E-state index in [1.165, 1.54) is 6.42 Å². The Labute approximate surface area is 119 Å². The number of benzene rings is 1. The molecular weight excluding hydrogens is 284 g/mol. The Bertz CT molecular complexity index is 405. The molecule has 0 saturated carbocycles. The van der Waals surface area contributed by atoms with Crippen molar-refractivity contribution in [3.63, 3.8) is 0 Å². The van der Waals surface area contributed by atoms with Crippen molar-refractivity contribution < 1.29 is 8.95 Å². The van der Waals surface area contributed by atoms with Crippen LogP contribution in [0.1, 0.15) is 13.3 Å². The summed E-state index contributed by atoms with van der Waals surface area (Å²) in [7, 11) is 4.14. The average molecular weight is 302 g/mol. The summed E-state index contributed by atoms with van der Waals surface area (Å²) in [4.78, 5) is 0.810. The largest absolute Gasteiger partial charge is 0.497 e. The van der Waals surface area contributed by atoms with Gasteiger partial charge in [0.05, 0.1) is 17.9 Å². The Balaban J connectivity index is 2.40. The number of hydrogen-bond donors (Lipinski definition) is 0. The summed E-state index contributed by atoms with van der Waals surface area (Å²) in [6.07, 6.45) is 3.14. The van der Waals surface area contributed by atoms with Crippen molar-refractivity contribution in [3.8, 4) is 5.75 Å². The highest BCUT2D eigenvalue weighted by Crippen LogP contribution is 2.23. The molecule has 0 radical (unpaired) electrons. The van der Waals surface area contributed by atoms with E-state index in [9.17, 15) is 4.21 Å². The summed E-state index contributed by atoms with van der Waals surface area (Å²) in [6.45, 7) is 2.16. The van der Waals surface area contributed by atoms with Gasteiger partial charge in [0.15, 0.2) is 0 Å². The molecule has 18 heavy (non-hydrogen) atoms. The highest BCUT2D eigenvalue weighted by molar-refractivity contribution is 8.77. The van der Waals surface area contributed by atoms with Crippen LogP contribution in [0.5, 0.6) is 5.75 Å². The van der Waals surface area contributed by atoms with E-state index in [-0.39, 0.29) is 0 Å². The summed E-state index contributed by atoms with van der Waals surface area (Å²) in [5, 5.41) is 2.01. The van der Waals surface area contributed by atoms with E-state index in [2.05, 4.69) is 6.92 Å². The minimum absolute atomic E-state index is 0.548. The predicted octanol–water partition coefficient (Wildman–Crippen LogP) is 4.11. The molecule has 0 N–H and O–H groups in total. The Morgan fingerprint density at radius 3 is 3.00 bits per heavy atom. The van der Waals surface area contributed by atoms with Crippen LogP contribution in [0.25, 0.3) is 0 Å². The van der Waals surface area contributed by atoms with Gasteiger partial charge < -0.3 is 4.74 Å². The Morgan fingerprint density at radius 1 is 1.44 bits per heavy atom. The van der Waals surface area contributed by atoms with Gasteiger partial charge in [-0.1, -0.05) is 40.7 Å². The lowest BCUT2D eigenvalue weighted by Crippen LogP contribution is -1.95. The Morgan fingerprint density at radius 2 is 2.28 bits per heavy atom. The molecule has 5 heteroatoms. The lowest BCUT2D eigenvalue weighted by atomic mass is 10.3. The van der Waals surface area contributed by atoms with Crippen molar-refractivity contribution in [2.75, 3.05) is 18.6 Å². The van der Waals surface area contributed by atoms with Crippen LogP contribution in [-0.4, -0.2) is 22.8 Å². The average Bonchev–Trinajstić information content (AvgIpc) is 2.42. The second-order valence-corrected chi connectivity index (χ2v) is 7.37. The zero-order valence-electron chi connectivity index (χ0n) is 10.6. The molecule has 0 bridgehead atoms. The van der Waals surface area contributed by atoms with Gasteiger partial charge in [0.25, 0.3) is 0 Å². The van der Waals surface area contributed by atoms with E-state index in [1.807, 2.05) is 46.5 Å². The SMILES string of the molecule is CCCSSC=CCS(=O)c1cccc(OC)c1. The highest BCUT2D eigenvalue weighted by Gasteiger charge is 2.02. The molecule has 0 saturated heterocycles. The summed E-state index contributed by atoms with van der Waals surface area (Å²) in [5.41, 5.74) is 0. The van der Waals surface area contributed by atoms with E-state index in [0.29, 0.717) is 5.75 Å². The molecule has 0 aliphatic carbocycles. The van der Waals surface area contributed by atoms with Gasteiger partial charge in [-0.25, -0.2) is 0 Å². The zero-order valence-corrected chi connectivity index (χ0v) is 13.1. The molecule has 0 fully saturated rings. The fourth-order valence-electron chi connectivity index (χ4n) is 1.18. The molecule has 1 rings (SSSR count). The van der Waals surface area contributed by atoms with Crippen LogP contribution in [-0.2, 0) is 10.8 Å². The summed E-state index contributed by atoms with van der Waals surface area (Å²) < 4.78 is 17.1. The first kappa shape index (κ1) is 15.7. The van der Waals surface area contributed by atoms with Gasteiger partial charge >= 0.3 is 0 Å². The molecule has 0 aromatic heterocycles. The van der Waals surface area contributed by atoms with Gasteiger partial charge in [0, 0.05) is 16.4 Å². The van der Waals surface area contributed by atoms with Crippen molar-refractivity contribution in [2.24, 2.45) is 0 Å². The molecule has 100 valence electrons. The van der Waals surface area contributed by atoms with Gasteiger partial charge in [0.1, 0.15) is 5.75 Å². The third kappa shape index (κ3) is 5.98. The summed E-state index contributed by atoms with van der Waals surface area (Å²) in [5.74, 6) is 2.44. The molecule has 1 aromatic rings. The van der Waals surface area contributed by atoms with Crippen molar-refractivity contribution in [2.45, 2.75) is 18.2 Å². The number of hydrogen-bond acceptors (Lipinski definition) is 4. The Hall–Kier alpha value is -0.390. The molecule has 2 nitrogen and oxygen atoms in total. The summed E-state index contributed by atoms with van der Waals surface area (Å²) in [6, 6.07) is 7.41. The van der Waals surface area contributed by atoms with E-state index < -0.39 is 10.8 Å². The molecule has 1 atom stereocenters. The smallest absolute Gasteiger partial charge is 0.120 e. The zero-order chi connectivity index (χ0) is 13.2. The molecule has 0 spiro atoms. The van der Waals surface area contributed by atoms with Crippen molar-refractivity contribution in [1.29, 1.82) is 0 Å². The van der Waals surface area contributed by atoms with Crippen LogP contribution in [0, 0.1) is 0 Å². The van der Waals surface area contributed by atoms with Crippen molar-refractivity contribution in [1.82, 2.24) is 0 Å². The van der Waals surface area contributed by atoms with E-state index >= 15 is 0 Å². The lowest BCUT2D eigenvalue weighted by molar-refractivity contribution is 0.413. The first-order valence-electron chi connectivity index (χ1n) is 5.73. The lowest BCUT2D eigenvalue weighted by Gasteiger charge is -2.02. The minimum atomic E-state index is -0.992. The van der Waals surface area contributed by atoms with Gasteiger partial charge in [-0.15, -0.1) is 0 Å². The van der Waals surface area contributed by atoms with Gasteiger partial charge in [-0.2, -0.15) is 0 Å². The molecule has 0 amide bonds. The maximum absolute atomic E-state index is 12.0. The monoisotopic (exact) mass is 302 g/mol. The van der Waals surface area contributed by atoms with E-state index in [1.54, 1.807) is 17.9 Å². The fraction of sp³-hybridized carbons (Fsp3) is 0.385.